The second-order valence-corrected chi connectivity index (χ2v) is 9.67. The Labute approximate surface area is 156 Å². The van der Waals surface area contributed by atoms with Gasteiger partial charge in [-0.3, -0.25) is 4.48 Å². The lowest BCUT2D eigenvalue weighted by atomic mass is 9.60. The second kappa shape index (κ2) is 4.65. The molecule has 4 nitrogen and oxygen atoms in total. The lowest BCUT2D eigenvalue weighted by Gasteiger charge is -2.67. The van der Waals surface area contributed by atoms with E-state index in [1.807, 2.05) is 0 Å². The topological polar surface area (TPSA) is 43.7 Å². The van der Waals surface area contributed by atoms with Crippen LogP contribution in [0.5, 0.6) is 0 Å². The number of hydrogen-bond acceptors (Lipinski definition) is 3. The van der Waals surface area contributed by atoms with E-state index in [2.05, 4.69) is 50.1 Å². The van der Waals surface area contributed by atoms with Crippen LogP contribution in [0.2, 0.25) is 0 Å². The smallest absolute Gasteiger partial charge is 0.194 e. The monoisotopic (exact) mass is 355 g/mol. The van der Waals surface area contributed by atoms with Crippen LogP contribution < -0.4 is 4.90 Å². The van der Waals surface area contributed by atoms with E-state index in [4.69, 9.17) is 0 Å². The highest BCUT2D eigenvalue weighted by atomic mass is 16.3. The molecular weight excluding hydrogens is 324 g/mol. The lowest BCUT2D eigenvalue weighted by molar-refractivity contribution is -1.04. The zero-order valence-electron chi connectivity index (χ0n) is 16.0. The standard InChI is InChI=1S/C22H31N2O2/c1-4-12-13-10-16-19-22(14-8-6-7-9-15(14)23(19)3)11-17(18(13)20(22)25)24(16,5-2)21(12)26/h6-9,12-13,16-21,25-26H,4-5,10-11H2,1-3H3/q+1/t12-,13-,16-,17-,18-,19-,20-,21+,22-,24+/m0/s1. The van der Waals surface area contributed by atoms with Gasteiger partial charge in [-0.2, -0.15) is 0 Å². The number of anilines is 1. The van der Waals surface area contributed by atoms with Crippen LogP contribution in [-0.2, 0) is 5.41 Å². The highest BCUT2D eigenvalue weighted by Gasteiger charge is 2.82. The van der Waals surface area contributed by atoms with Gasteiger partial charge in [-0.1, -0.05) is 25.1 Å². The number of likely N-dealkylation sites (N-methyl/N-ethyl adjacent to an activating group) is 2. The normalized spacial score (nSPS) is 55.3. The molecule has 5 fully saturated rings. The number of quaternary nitrogens is 1. The molecule has 5 bridgehead atoms. The highest BCUT2D eigenvalue weighted by molar-refractivity contribution is 5.66. The van der Waals surface area contributed by atoms with Crippen molar-refractivity contribution in [1.29, 1.82) is 0 Å². The van der Waals surface area contributed by atoms with Gasteiger partial charge in [0.15, 0.2) is 6.23 Å². The summed E-state index contributed by atoms with van der Waals surface area (Å²) in [4.78, 5) is 2.46. The Kier molecular flexibility index (Phi) is 2.85. The van der Waals surface area contributed by atoms with E-state index in [0.717, 1.165) is 23.9 Å². The first-order valence-corrected chi connectivity index (χ1v) is 10.6. The van der Waals surface area contributed by atoms with Crippen LogP contribution in [0.3, 0.4) is 0 Å². The highest BCUT2D eigenvalue weighted by Crippen LogP contribution is 2.71. The fourth-order valence-corrected chi connectivity index (χ4v) is 9.03. The van der Waals surface area contributed by atoms with E-state index < -0.39 is 0 Å². The Morgan fingerprint density at radius 3 is 2.69 bits per heavy atom. The van der Waals surface area contributed by atoms with Gasteiger partial charge < -0.3 is 15.1 Å². The molecule has 0 unspecified atom stereocenters. The van der Waals surface area contributed by atoms with Gasteiger partial charge in [-0.15, -0.1) is 0 Å². The number of nitrogens with zero attached hydrogens (tertiary/aromatic N) is 2. The number of aliphatic hydroxyl groups excluding tert-OH is 2. The van der Waals surface area contributed by atoms with Crippen molar-refractivity contribution in [3.63, 3.8) is 0 Å². The number of para-hydroxylation sites is 1. The third kappa shape index (κ3) is 1.30. The van der Waals surface area contributed by atoms with Gasteiger partial charge in [-0.05, 0) is 30.9 Å². The molecule has 10 atom stereocenters. The molecule has 26 heavy (non-hydrogen) atoms. The van der Waals surface area contributed by atoms with E-state index in [-0.39, 0.29) is 17.7 Å². The van der Waals surface area contributed by atoms with Crippen molar-refractivity contribution in [3.05, 3.63) is 29.8 Å². The molecule has 1 aromatic carbocycles. The quantitative estimate of drug-likeness (QED) is 0.799. The molecule has 1 aromatic rings. The number of aliphatic hydroxyl groups is 2. The molecule has 0 amide bonds. The van der Waals surface area contributed by atoms with Gasteiger partial charge in [0.05, 0.1) is 30.1 Å². The minimum atomic E-state index is -0.272. The predicted octanol–water partition coefficient (Wildman–Crippen LogP) is 2.09. The summed E-state index contributed by atoms with van der Waals surface area (Å²) in [7, 11) is 2.22. The summed E-state index contributed by atoms with van der Waals surface area (Å²) >= 11 is 0. The van der Waals surface area contributed by atoms with Crippen molar-refractivity contribution < 1.29 is 14.7 Å². The number of piperidine rings is 4. The maximum Gasteiger partial charge on any atom is 0.194 e. The molecule has 1 saturated carbocycles. The maximum absolute atomic E-state index is 11.8. The Hall–Kier alpha value is -1.10. The first-order chi connectivity index (χ1) is 12.5. The summed E-state index contributed by atoms with van der Waals surface area (Å²) in [5.74, 6) is 1.18. The van der Waals surface area contributed by atoms with Crippen LogP contribution in [0.25, 0.3) is 0 Å². The third-order valence-electron chi connectivity index (χ3n) is 9.67. The minimum absolute atomic E-state index is 0.126. The first-order valence-electron chi connectivity index (χ1n) is 10.6. The van der Waals surface area contributed by atoms with Crippen LogP contribution in [0.4, 0.5) is 5.69 Å². The Balaban J connectivity index is 1.63. The molecule has 7 rings (SSSR count). The zero-order chi connectivity index (χ0) is 18.0. The minimum Gasteiger partial charge on any atom is -0.392 e. The molecule has 5 heterocycles. The average Bonchev–Trinajstić information content (AvgIpc) is 3.04. The molecule has 2 N–H and O–H groups in total. The van der Waals surface area contributed by atoms with Gasteiger partial charge >= 0.3 is 0 Å². The van der Waals surface area contributed by atoms with Crippen LogP contribution in [0, 0.1) is 17.8 Å². The van der Waals surface area contributed by atoms with Crippen molar-refractivity contribution >= 4 is 5.69 Å². The van der Waals surface area contributed by atoms with Crippen LogP contribution >= 0.6 is 0 Å². The number of rotatable bonds is 2. The van der Waals surface area contributed by atoms with Gasteiger partial charge in [-0.25, -0.2) is 0 Å². The molecule has 1 aliphatic carbocycles. The zero-order valence-corrected chi connectivity index (χ0v) is 16.0. The van der Waals surface area contributed by atoms with E-state index in [1.165, 1.54) is 17.7 Å². The Morgan fingerprint density at radius 1 is 1.19 bits per heavy atom. The van der Waals surface area contributed by atoms with Crippen molar-refractivity contribution in [2.45, 2.75) is 69.0 Å². The Bertz CT molecular complexity index is 783. The molecule has 5 aliphatic heterocycles. The summed E-state index contributed by atoms with van der Waals surface area (Å²) in [5, 5.41) is 23.4. The fourth-order valence-electron chi connectivity index (χ4n) is 9.03. The Morgan fingerprint density at radius 2 is 1.96 bits per heavy atom. The molecule has 1 spiro atoms. The fraction of sp³-hybridized carbons (Fsp3) is 0.727. The van der Waals surface area contributed by atoms with Crippen molar-refractivity contribution in [2.75, 3.05) is 18.5 Å². The van der Waals surface area contributed by atoms with Crippen molar-refractivity contribution in [1.82, 2.24) is 0 Å². The first kappa shape index (κ1) is 15.9. The lowest BCUT2D eigenvalue weighted by Crippen LogP contribution is -2.82. The van der Waals surface area contributed by atoms with E-state index >= 15 is 0 Å². The number of benzene rings is 1. The van der Waals surface area contributed by atoms with Crippen molar-refractivity contribution in [3.8, 4) is 0 Å². The van der Waals surface area contributed by atoms with E-state index in [0.29, 0.717) is 35.9 Å². The van der Waals surface area contributed by atoms with Crippen LogP contribution in [0.1, 0.15) is 38.7 Å². The van der Waals surface area contributed by atoms with Gasteiger partial charge in [0.2, 0.25) is 0 Å². The third-order valence-corrected chi connectivity index (χ3v) is 9.67. The average molecular weight is 356 g/mol. The summed E-state index contributed by atoms with van der Waals surface area (Å²) in [6.45, 7) is 5.48. The number of hydrogen-bond donors (Lipinski definition) is 2. The molecule has 4 heteroatoms. The SMILES string of the molecule is CC[C@H]1[C@@H]2C[C@H]3[C@@H]4N(C)c5ccccc5[C@@]45C[C@@H]([C@H]2[C@@H]5O)[N@+]3(CC)[C@@H]1O. The summed E-state index contributed by atoms with van der Waals surface area (Å²) in [6, 6.07) is 9.93. The van der Waals surface area contributed by atoms with Gasteiger partial charge in [0.1, 0.15) is 6.04 Å². The molecule has 4 saturated heterocycles. The van der Waals surface area contributed by atoms with Crippen LogP contribution in [0.15, 0.2) is 24.3 Å². The summed E-state index contributed by atoms with van der Waals surface area (Å²) in [5.41, 5.74) is 2.55. The molecule has 6 aliphatic rings. The molecular formula is C22H31N2O2+. The van der Waals surface area contributed by atoms with Gasteiger partial charge in [0, 0.05) is 37.4 Å². The molecule has 140 valence electrons. The maximum atomic E-state index is 11.8. The number of fused-ring (bicyclic) bond motifs is 2. The molecule has 0 radical (unpaired) electrons. The largest absolute Gasteiger partial charge is 0.392 e. The second-order valence-electron chi connectivity index (χ2n) is 9.67. The summed E-state index contributed by atoms with van der Waals surface area (Å²) in [6.07, 6.45) is 2.71. The predicted molar refractivity (Wildman–Crippen MR) is 101 cm³/mol. The van der Waals surface area contributed by atoms with Crippen LogP contribution in [-0.4, -0.2) is 58.7 Å². The van der Waals surface area contributed by atoms with Gasteiger partial charge in [0.25, 0.3) is 0 Å². The summed E-state index contributed by atoms with van der Waals surface area (Å²) < 4.78 is 0.849. The van der Waals surface area contributed by atoms with E-state index in [9.17, 15) is 10.2 Å². The van der Waals surface area contributed by atoms with E-state index in [1.54, 1.807) is 0 Å². The molecule has 0 aromatic heterocycles. The van der Waals surface area contributed by atoms with Crippen molar-refractivity contribution in [2.24, 2.45) is 17.8 Å².